The van der Waals surface area contributed by atoms with Gasteiger partial charge in [-0.2, -0.15) is 0 Å². The molecule has 1 aromatic carbocycles. The third-order valence-electron chi connectivity index (χ3n) is 2.27. The second-order valence-electron chi connectivity index (χ2n) is 4.00. The van der Waals surface area contributed by atoms with Crippen molar-refractivity contribution in [1.29, 1.82) is 0 Å². The Kier molecular flexibility index (Phi) is 2.48. The van der Waals surface area contributed by atoms with Crippen molar-refractivity contribution in [3.8, 4) is 0 Å². The van der Waals surface area contributed by atoms with E-state index < -0.39 is 0 Å². The van der Waals surface area contributed by atoms with E-state index in [1.165, 1.54) is 5.56 Å². The van der Waals surface area contributed by atoms with Crippen LogP contribution in [-0.2, 0) is 0 Å². The quantitative estimate of drug-likeness (QED) is 0.755. The molecule has 3 heteroatoms. The van der Waals surface area contributed by atoms with Crippen LogP contribution in [0.25, 0.3) is 0 Å². The molecule has 1 radical (unpaired) electrons. The predicted octanol–water partition coefficient (Wildman–Crippen LogP) is 1.63. The molecular formula is C11H13N2Se. The molecule has 0 aliphatic carbocycles. The maximum atomic E-state index is 4.53. The summed E-state index contributed by atoms with van der Waals surface area (Å²) in [5.74, 6) is 0. The predicted molar refractivity (Wildman–Crippen MR) is 59.6 cm³/mol. The Morgan fingerprint density at radius 1 is 1.29 bits per heavy atom. The van der Waals surface area contributed by atoms with Crippen LogP contribution in [0.1, 0.15) is 25.5 Å². The summed E-state index contributed by atoms with van der Waals surface area (Å²) in [5, 5.41) is 3.46. The minimum absolute atomic E-state index is 0.152. The summed E-state index contributed by atoms with van der Waals surface area (Å²) in [7, 11) is 0. The SMILES string of the molecule is CC1(C)N=C([Se])C(c2ccccc2)N1. The van der Waals surface area contributed by atoms with Crippen molar-refractivity contribution in [1.82, 2.24) is 5.32 Å². The van der Waals surface area contributed by atoms with Crippen LogP contribution in [0.2, 0.25) is 0 Å². The number of nitrogens with one attached hydrogen (secondary N) is 1. The Bertz CT molecular complexity index is 357. The fourth-order valence-electron chi connectivity index (χ4n) is 1.66. The van der Waals surface area contributed by atoms with Gasteiger partial charge in [0.05, 0.1) is 0 Å². The standard InChI is InChI=1S/C11H13N2Se/c1-11(2)12-9(10(14)13-11)8-6-4-3-5-7-8/h3-7,9,12H,1-2H3. The first-order chi connectivity index (χ1) is 6.58. The molecule has 1 heterocycles. The van der Waals surface area contributed by atoms with E-state index in [0.717, 1.165) is 4.61 Å². The molecule has 73 valence electrons. The second-order valence-corrected chi connectivity index (χ2v) is 4.87. The summed E-state index contributed by atoms with van der Waals surface area (Å²) in [6, 6.07) is 10.6. The van der Waals surface area contributed by atoms with Crippen LogP contribution in [0, 0.1) is 0 Å². The third-order valence-corrected chi connectivity index (χ3v) is 2.95. The Labute approximate surface area is 92.6 Å². The number of benzene rings is 1. The van der Waals surface area contributed by atoms with E-state index >= 15 is 0 Å². The number of rotatable bonds is 1. The Hall–Kier alpha value is -0.631. The summed E-state index contributed by atoms with van der Waals surface area (Å²) in [6.07, 6.45) is 0. The summed E-state index contributed by atoms with van der Waals surface area (Å²) in [5.41, 5.74) is 1.11. The molecular weight excluding hydrogens is 239 g/mol. The zero-order valence-corrected chi connectivity index (χ0v) is 10.0. The Balaban J connectivity index is 2.28. The van der Waals surface area contributed by atoms with Crippen molar-refractivity contribution < 1.29 is 0 Å². The van der Waals surface area contributed by atoms with Crippen LogP contribution in [0.3, 0.4) is 0 Å². The van der Waals surface area contributed by atoms with Gasteiger partial charge >= 0.3 is 92.4 Å². The molecule has 0 saturated heterocycles. The van der Waals surface area contributed by atoms with Gasteiger partial charge in [-0.1, -0.05) is 0 Å². The van der Waals surface area contributed by atoms with Crippen molar-refractivity contribution in [2.45, 2.75) is 25.6 Å². The number of hydrogen-bond donors (Lipinski definition) is 1. The van der Waals surface area contributed by atoms with Gasteiger partial charge in [0.2, 0.25) is 0 Å². The molecule has 14 heavy (non-hydrogen) atoms. The number of nitrogens with zero attached hydrogens (tertiary/aromatic N) is 1. The molecule has 2 rings (SSSR count). The molecule has 1 aliphatic heterocycles. The van der Waals surface area contributed by atoms with Crippen LogP contribution in [0.5, 0.6) is 0 Å². The number of aliphatic imine (C=N–C) groups is 1. The van der Waals surface area contributed by atoms with E-state index in [-0.39, 0.29) is 11.7 Å². The first kappa shape index (κ1) is 9.91. The first-order valence-corrected chi connectivity index (χ1v) is 5.53. The normalized spacial score (nSPS) is 24.7. The van der Waals surface area contributed by atoms with Crippen LogP contribution in [0.4, 0.5) is 0 Å². The van der Waals surface area contributed by atoms with E-state index in [2.05, 4.69) is 64.4 Å². The van der Waals surface area contributed by atoms with Crippen molar-refractivity contribution in [3.63, 3.8) is 0 Å². The molecule has 0 bridgehead atoms. The molecule has 0 aromatic heterocycles. The molecule has 1 aromatic rings. The zero-order valence-electron chi connectivity index (χ0n) is 8.32. The fraction of sp³-hybridized carbons (Fsp3) is 0.364. The molecule has 0 saturated carbocycles. The topological polar surface area (TPSA) is 24.4 Å². The Morgan fingerprint density at radius 3 is 2.43 bits per heavy atom. The molecule has 2 nitrogen and oxygen atoms in total. The van der Waals surface area contributed by atoms with Gasteiger partial charge in [0.15, 0.2) is 0 Å². The molecule has 0 spiro atoms. The van der Waals surface area contributed by atoms with Crippen LogP contribution in [0.15, 0.2) is 35.3 Å². The van der Waals surface area contributed by atoms with Gasteiger partial charge < -0.3 is 0 Å². The second kappa shape index (κ2) is 3.50. The van der Waals surface area contributed by atoms with E-state index in [4.69, 9.17) is 0 Å². The fourth-order valence-corrected chi connectivity index (χ4v) is 2.55. The first-order valence-electron chi connectivity index (χ1n) is 4.68. The molecule has 1 N–H and O–H groups in total. The van der Waals surface area contributed by atoms with Crippen LogP contribution in [-0.4, -0.2) is 26.3 Å². The molecule has 1 aliphatic rings. The minimum atomic E-state index is -0.152. The summed E-state index contributed by atoms with van der Waals surface area (Å²) >= 11 is 3.03. The van der Waals surface area contributed by atoms with Crippen LogP contribution >= 0.6 is 0 Å². The van der Waals surface area contributed by atoms with Crippen molar-refractivity contribution >= 4 is 20.6 Å². The molecule has 1 atom stereocenters. The van der Waals surface area contributed by atoms with E-state index in [0.29, 0.717) is 0 Å². The van der Waals surface area contributed by atoms with E-state index in [9.17, 15) is 0 Å². The molecule has 1 unspecified atom stereocenters. The van der Waals surface area contributed by atoms with Gasteiger partial charge in [-0.15, -0.1) is 0 Å². The third kappa shape index (κ3) is 1.90. The average molecular weight is 252 g/mol. The van der Waals surface area contributed by atoms with Crippen molar-refractivity contribution in [3.05, 3.63) is 35.9 Å². The van der Waals surface area contributed by atoms with Gasteiger partial charge in [0.1, 0.15) is 0 Å². The van der Waals surface area contributed by atoms with E-state index in [1.54, 1.807) is 0 Å². The van der Waals surface area contributed by atoms with E-state index in [1.807, 2.05) is 6.07 Å². The van der Waals surface area contributed by atoms with Crippen molar-refractivity contribution in [2.75, 3.05) is 0 Å². The molecule has 0 fully saturated rings. The summed E-state index contributed by atoms with van der Waals surface area (Å²) in [6.45, 7) is 4.15. The van der Waals surface area contributed by atoms with Crippen molar-refractivity contribution in [2.24, 2.45) is 4.99 Å². The zero-order chi connectivity index (χ0) is 10.2. The maximum absolute atomic E-state index is 4.53. The monoisotopic (exact) mass is 253 g/mol. The Morgan fingerprint density at radius 2 is 1.93 bits per heavy atom. The number of hydrogen-bond acceptors (Lipinski definition) is 2. The molecule has 0 amide bonds. The van der Waals surface area contributed by atoms with Gasteiger partial charge in [-0.3, -0.25) is 0 Å². The van der Waals surface area contributed by atoms with Gasteiger partial charge in [-0.05, 0) is 0 Å². The van der Waals surface area contributed by atoms with Gasteiger partial charge in [-0.25, -0.2) is 0 Å². The van der Waals surface area contributed by atoms with Gasteiger partial charge in [0.25, 0.3) is 0 Å². The average Bonchev–Trinajstić information content (AvgIpc) is 2.41. The van der Waals surface area contributed by atoms with Crippen LogP contribution < -0.4 is 5.32 Å². The van der Waals surface area contributed by atoms with Gasteiger partial charge in [0, 0.05) is 0 Å². The summed E-state index contributed by atoms with van der Waals surface area (Å²) < 4.78 is 1.04. The summed E-state index contributed by atoms with van der Waals surface area (Å²) in [4.78, 5) is 4.53.